The summed E-state index contributed by atoms with van der Waals surface area (Å²) in [4.78, 5) is 0.292. The Hall–Kier alpha value is -1.55. The van der Waals surface area contributed by atoms with E-state index in [1.54, 1.807) is 36.4 Å². The SMILES string of the molecule is CS(=O)(=O)c1ccccc1-c1ccco1. The van der Waals surface area contributed by atoms with Crippen molar-refractivity contribution in [3.8, 4) is 11.3 Å². The van der Waals surface area contributed by atoms with Gasteiger partial charge >= 0.3 is 0 Å². The van der Waals surface area contributed by atoms with Gasteiger partial charge in [-0.2, -0.15) is 0 Å². The Morgan fingerprint density at radius 1 is 1.07 bits per heavy atom. The van der Waals surface area contributed by atoms with Crippen molar-refractivity contribution in [2.45, 2.75) is 4.90 Å². The van der Waals surface area contributed by atoms with E-state index in [4.69, 9.17) is 4.42 Å². The Morgan fingerprint density at radius 3 is 2.40 bits per heavy atom. The molecule has 0 saturated carbocycles. The van der Waals surface area contributed by atoms with Crippen LogP contribution in [0.4, 0.5) is 0 Å². The summed E-state index contributed by atoms with van der Waals surface area (Å²) in [5, 5.41) is 0. The molecule has 0 atom stereocenters. The number of furan rings is 1. The standard InChI is InChI=1S/C11H10O3S/c1-15(12,13)11-7-3-2-5-9(11)10-6-4-8-14-10/h2-8H,1H3. The minimum absolute atomic E-state index is 0.292. The van der Waals surface area contributed by atoms with E-state index in [1.807, 2.05) is 0 Å². The van der Waals surface area contributed by atoms with Crippen LogP contribution in [0.15, 0.2) is 52.0 Å². The first-order valence-electron chi connectivity index (χ1n) is 4.42. The Bertz CT molecular complexity index is 553. The third kappa shape index (κ3) is 1.94. The summed E-state index contributed by atoms with van der Waals surface area (Å²) in [6.07, 6.45) is 2.71. The van der Waals surface area contributed by atoms with E-state index >= 15 is 0 Å². The highest BCUT2D eigenvalue weighted by atomic mass is 32.2. The van der Waals surface area contributed by atoms with Crippen LogP contribution in [0.3, 0.4) is 0 Å². The molecule has 2 rings (SSSR count). The van der Waals surface area contributed by atoms with Crippen LogP contribution in [0.2, 0.25) is 0 Å². The first-order chi connectivity index (χ1) is 7.09. The van der Waals surface area contributed by atoms with Crippen molar-refractivity contribution >= 4 is 9.84 Å². The molecule has 0 radical (unpaired) electrons. The summed E-state index contributed by atoms with van der Waals surface area (Å²) in [6.45, 7) is 0. The molecule has 0 amide bonds. The molecule has 0 bridgehead atoms. The van der Waals surface area contributed by atoms with Gasteiger partial charge in [-0.3, -0.25) is 0 Å². The third-order valence-electron chi connectivity index (χ3n) is 2.07. The molecular weight excluding hydrogens is 212 g/mol. The van der Waals surface area contributed by atoms with E-state index in [-0.39, 0.29) is 0 Å². The molecule has 0 aliphatic rings. The molecular formula is C11H10O3S. The zero-order chi connectivity index (χ0) is 10.9. The fourth-order valence-electron chi connectivity index (χ4n) is 1.43. The van der Waals surface area contributed by atoms with Crippen molar-refractivity contribution in [1.29, 1.82) is 0 Å². The highest BCUT2D eigenvalue weighted by molar-refractivity contribution is 7.90. The number of sulfone groups is 1. The van der Waals surface area contributed by atoms with Crippen LogP contribution in [0, 0.1) is 0 Å². The van der Waals surface area contributed by atoms with Crippen molar-refractivity contribution < 1.29 is 12.8 Å². The van der Waals surface area contributed by atoms with Crippen molar-refractivity contribution in [3.05, 3.63) is 42.7 Å². The second-order valence-electron chi connectivity index (χ2n) is 3.25. The van der Waals surface area contributed by atoms with Crippen LogP contribution in [0.5, 0.6) is 0 Å². The van der Waals surface area contributed by atoms with E-state index in [9.17, 15) is 8.42 Å². The molecule has 2 aromatic rings. The lowest BCUT2D eigenvalue weighted by molar-refractivity contribution is 0.578. The molecule has 0 unspecified atom stereocenters. The summed E-state index contributed by atoms with van der Waals surface area (Å²) >= 11 is 0. The van der Waals surface area contributed by atoms with E-state index < -0.39 is 9.84 Å². The van der Waals surface area contributed by atoms with Crippen molar-refractivity contribution in [2.24, 2.45) is 0 Å². The molecule has 1 heterocycles. The zero-order valence-corrected chi connectivity index (χ0v) is 8.99. The van der Waals surface area contributed by atoms with Gasteiger partial charge < -0.3 is 4.42 Å². The van der Waals surface area contributed by atoms with E-state index in [2.05, 4.69) is 0 Å². The Labute approximate surface area is 88.3 Å². The predicted molar refractivity (Wildman–Crippen MR) is 57.3 cm³/mol. The van der Waals surface area contributed by atoms with Gasteiger partial charge in [0.1, 0.15) is 5.76 Å². The molecule has 0 fully saturated rings. The lowest BCUT2D eigenvalue weighted by Gasteiger charge is -2.04. The van der Waals surface area contributed by atoms with E-state index in [0.717, 1.165) is 0 Å². The largest absolute Gasteiger partial charge is 0.464 e. The van der Waals surface area contributed by atoms with Crippen LogP contribution < -0.4 is 0 Å². The molecule has 15 heavy (non-hydrogen) atoms. The zero-order valence-electron chi connectivity index (χ0n) is 8.17. The maximum absolute atomic E-state index is 11.5. The maximum atomic E-state index is 11.5. The Balaban J connectivity index is 2.68. The minimum Gasteiger partial charge on any atom is -0.464 e. The quantitative estimate of drug-likeness (QED) is 0.783. The van der Waals surface area contributed by atoms with Crippen LogP contribution in [0.1, 0.15) is 0 Å². The lowest BCUT2D eigenvalue weighted by atomic mass is 10.2. The summed E-state index contributed by atoms with van der Waals surface area (Å²) in [7, 11) is -3.22. The van der Waals surface area contributed by atoms with Crippen LogP contribution in [0.25, 0.3) is 11.3 Å². The van der Waals surface area contributed by atoms with E-state index in [0.29, 0.717) is 16.2 Å². The van der Waals surface area contributed by atoms with Crippen LogP contribution >= 0.6 is 0 Å². The summed E-state index contributed by atoms with van der Waals surface area (Å²) in [6, 6.07) is 10.3. The molecule has 3 nitrogen and oxygen atoms in total. The lowest BCUT2D eigenvalue weighted by Crippen LogP contribution is -1.98. The minimum atomic E-state index is -3.22. The van der Waals surface area contributed by atoms with Gasteiger partial charge in [0.2, 0.25) is 0 Å². The van der Waals surface area contributed by atoms with Crippen molar-refractivity contribution in [3.63, 3.8) is 0 Å². The first-order valence-corrected chi connectivity index (χ1v) is 6.31. The molecule has 78 valence electrons. The number of benzene rings is 1. The Kier molecular flexibility index (Phi) is 2.36. The monoisotopic (exact) mass is 222 g/mol. The highest BCUT2D eigenvalue weighted by Crippen LogP contribution is 2.27. The summed E-state index contributed by atoms with van der Waals surface area (Å²) in [5.74, 6) is 0.566. The fraction of sp³-hybridized carbons (Fsp3) is 0.0909. The topological polar surface area (TPSA) is 47.3 Å². The average Bonchev–Trinajstić information content (AvgIpc) is 2.69. The van der Waals surface area contributed by atoms with Gasteiger partial charge in [-0.05, 0) is 24.3 Å². The van der Waals surface area contributed by atoms with Crippen molar-refractivity contribution in [2.75, 3.05) is 6.26 Å². The van der Waals surface area contributed by atoms with Gasteiger partial charge in [0.05, 0.1) is 11.2 Å². The first kappa shape index (κ1) is 9.98. The average molecular weight is 222 g/mol. The molecule has 0 spiro atoms. The number of hydrogen-bond acceptors (Lipinski definition) is 3. The number of rotatable bonds is 2. The second-order valence-corrected chi connectivity index (χ2v) is 5.23. The van der Waals surface area contributed by atoms with Crippen LogP contribution in [-0.2, 0) is 9.84 Å². The summed E-state index contributed by atoms with van der Waals surface area (Å²) < 4.78 is 28.2. The van der Waals surface area contributed by atoms with Gasteiger partial charge in [-0.25, -0.2) is 8.42 Å². The van der Waals surface area contributed by atoms with Gasteiger partial charge in [0.25, 0.3) is 0 Å². The van der Waals surface area contributed by atoms with Gasteiger partial charge in [0, 0.05) is 11.8 Å². The molecule has 0 saturated heterocycles. The molecule has 0 aliphatic heterocycles. The second kappa shape index (κ2) is 3.55. The highest BCUT2D eigenvalue weighted by Gasteiger charge is 2.14. The van der Waals surface area contributed by atoms with Gasteiger partial charge in [-0.15, -0.1) is 0 Å². The maximum Gasteiger partial charge on any atom is 0.176 e. The molecule has 0 aliphatic carbocycles. The summed E-state index contributed by atoms with van der Waals surface area (Å²) in [5.41, 5.74) is 0.602. The number of hydrogen-bond donors (Lipinski definition) is 0. The molecule has 4 heteroatoms. The predicted octanol–water partition coefficient (Wildman–Crippen LogP) is 2.35. The van der Waals surface area contributed by atoms with Gasteiger partial charge in [-0.1, -0.05) is 12.1 Å². The normalized spacial score (nSPS) is 11.5. The third-order valence-corrected chi connectivity index (χ3v) is 3.23. The Morgan fingerprint density at radius 2 is 1.80 bits per heavy atom. The smallest absolute Gasteiger partial charge is 0.176 e. The molecule has 1 aromatic heterocycles. The molecule has 1 aromatic carbocycles. The van der Waals surface area contributed by atoms with E-state index in [1.165, 1.54) is 12.5 Å². The fourth-order valence-corrected chi connectivity index (χ4v) is 2.32. The molecule has 0 N–H and O–H groups in total. The van der Waals surface area contributed by atoms with Gasteiger partial charge in [0.15, 0.2) is 9.84 Å². The van der Waals surface area contributed by atoms with Crippen LogP contribution in [-0.4, -0.2) is 14.7 Å². The van der Waals surface area contributed by atoms with Crippen molar-refractivity contribution in [1.82, 2.24) is 0 Å².